The smallest absolute Gasteiger partial charge is 0.129 e. The number of aliphatic hydroxyl groups excluding tert-OH is 1. The molecule has 4 nitrogen and oxygen atoms in total. The molecule has 96 valence electrons. The van der Waals surface area contributed by atoms with Crippen LogP contribution in [0, 0.1) is 6.92 Å². The van der Waals surface area contributed by atoms with E-state index in [1.54, 1.807) is 13.3 Å². The van der Waals surface area contributed by atoms with Gasteiger partial charge in [-0.05, 0) is 31.4 Å². The second kappa shape index (κ2) is 5.47. The number of hydrogen-bond acceptors (Lipinski definition) is 4. The maximum atomic E-state index is 10.5. The van der Waals surface area contributed by atoms with E-state index in [-0.39, 0.29) is 0 Å². The Hall–Kier alpha value is -1.13. The number of ether oxygens (including phenoxy) is 1. The predicted molar refractivity (Wildman–Crippen MR) is 68.7 cm³/mol. The molecule has 0 fully saturated rings. The summed E-state index contributed by atoms with van der Waals surface area (Å²) < 4.78 is 5.51. The van der Waals surface area contributed by atoms with Crippen molar-refractivity contribution in [1.29, 1.82) is 0 Å². The molecule has 1 atom stereocenters. The molecule has 1 aromatic rings. The third-order valence-electron chi connectivity index (χ3n) is 3.48. The zero-order valence-electron chi connectivity index (χ0n) is 11.0. The molecule has 1 unspecified atom stereocenters. The minimum atomic E-state index is -0.755. The van der Waals surface area contributed by atoms with Crippen LogP contribution in [0.3, 0.4) is 0 Å². The fraction of sp³-hybridized carbons (Fsp3) is 0.615. The summed E-state index contributed by atoms with van der Waals surface area (Å²) in [4.78, 5) is 4.08. The van der Waals surface area contributed by atoms with Gasteiger partial charge >= 0.3 is 0 Å². The minimum Gasteiger partial charge on any atom is -0.385 e. The topological polar surface area (TPSA) is 68.4 Å². The lowest BCUT2D eigenvalue weighted by Crippen LogP contribution is -2.37. The molecule has 4 heteroatoms. The van der Waals surface area contributed by atoms with Gasteiger partial charge in [0.1, 0.15) is 11.9 Å². The summed E-state index contributed by atoms with van der Waals surface area (Å²) in [6, 6.07) is 1.87. The number of aliphatic hydroxyl groups is 1. The van der Waals surface area contributed by atoms with Crippen LogP contribution in [0.2, 0.25) is 0 Å². The van der Waals surface area contributed by atoms with Gasteiger partial charge in [-0.1, -0.05) is 13.8 Å². The fourth-order valence-corrected chi connectivity index (χ4v) is 2.14. The van der Waals surface area contributed by atoms with Crippen molar-refractivity contribution in [1.82, 2.24) is 4.98 Å². The lowest BCUT2D eigenvalue weighted by atomic mass is 9.86. The SMILES string of the molecule is CCC(CC)(OC)C(O)c1cc(C)cnc1N. The number of hydrogen-bond donors (Lipinski definition) is 2. The molecule has 17 heavy (non-hydrogen) atoms. The highest BCUT2D eigenvalue weighted by atomic mass is 16.5. The molecule has 0 aliphatic heterocycles. The van der Waals surface area contributed by atoms with Crippen LogP contribution >= 0.6 is 0 Å². The summed E-state index contributed by atoms with van der Waals surface area (Å²) in [6.07, 6.45) is 2.37. The predicted octanol–water partition coefficient (Wildman–Crippen LogP) is 2.21. The molecular formula is C13H22N2O2. The van der Waals surface area contributed by atoms with Crippen molar-refractivity contribution < 1.29 is 9.84 Å². The third-order valence-corrected chi connectivity index (χ3v) is 3.48. The zero-order valence-corrected chi connectivity index (χ0v) is 11.0. The highest BCUT2D eigenvalue weighted by Crippen LogP contribution is 2.36. The molecule has 0 aliphatic rings. The molecule has 0 aromatic carbocycles. The van der Waals surface area contributed by atoms with Crippen LogP contribution in [0.25, 0.3) is 0 Å². The largest absolute Gasteiger partial charge is 0.385 e. The van der Waals surface area contributed by atoms with Crippen LogP contribution in [0.15, 0.2) is 12.3 Å². The number of anilines is 1. The Kier molecular flexibility index (Phi) is 4.48. The first-order valence-corrected chi connectivity index (χ1v) is 5.96. The van der Waals surface area contributed by atoms with Crippen molar-refractivity contribution in [2.45, 2.75) is 45.3 Å². The lowest BCUT2D eigenvalue weighted by Gasteiger charge is -2.35. The third kappa shape index (κ3) is 2.58. The molecule has 0 saturated carbocycles. The normalized spacial score (nSPS) is 13.7. The first-order chi connectivity index (χ1) is 8.00. The van der Waals surface area contributed by atoms with Crippen LogP contribution in [0.1, 0.15) is 43.9 Å². The number of pyridine rings is 1. The summed E-state index contributed by atoms with van der Waals surface area (Å²) in [7, 11) is 1.62. The van der Waals surface area contributed by atoms with E-state index in [0.717, 1.165) is 5.56 Å². The summed E-state index contributed by atoms with van der Waals surface area (Å²) in [5.41, 5.74) is 6.86. The Labute approximate surface area is 103 Å². The maximum Gasteiger partial charge on any atom is 0.129 e. The average molecular weight is 238 g/mol. The van der Waals surface area contributed by atoms with Gasteiger partial charge in [0, 0.05) is 18.9 Å². The molecule has 0 amide bonds. The second-order valence-electron chi connectivity index (χ2n) is 4.37. The first-order valence-electron chi connectivity index (χ1n) is 5.96. The lowest BCUT2D eigenvalue weighted by molar-refractivity contribution is -0.109. The molecule has 1 heterocycles. The van der Waals surface area contributed by atoms with E-state index in [1.165, 1.54) is 0 Å². The van der Waals surface area contributed by atoms with Gasteiger partial charge in [0.05, 0.1) is 5.60 Å². The second-order valence-corrected chi connectivity index (χ2v) is 4.37. The summed E-state index contributed by atoms with van der Waals surface area (Å²) >= 11 is 0. The van der Waals surface area contributed by atoms with Gasteiger partial charge in [0.25, 0.3) is 0 Å². The summed E-state index contributed by atoms with van der Waals surface area (Å²) in [5.74, 6) is 0.367. The first kappa shape index (κ1) is 13.9. The minimum absolute atomic E-state index is 0.367. The number of methoxy groups -OCH3 is 1. The monoisotopic (exact) mass is 238 g/mol. The molecule has 0 radical (unpaired) electrons. The average Bonchev–Trinajstić information content (AvgIpc) is 2.35. The molecule has 1 rings (SSSR count). The molecule has 3 N–H and O–H groups in total. The Morgan fingerprint density at radius 1 is 1.47 bits per heavy atom. The van der Waals surface area contributed by atoms with Gasteiger partial charge in [0.2, 0.25) is 0 Å². The van der Waals surface area contributed by atoms with Crippen LogP contribution < -0.4 is 5.73 Å². The van der Waals surface area contributed by atoms with E-state index < -0.39 is 11.7 Å². The highest BCUT2D eigenvalue weighted by molar-refractivity contribution is 5.43. The van der Waals surface area contributed by atoms with E-state index in [4.69, 9.17) is 10.5 Å². The van der Waals surface area contributed by atoms with Gasteiger partial charge in [-0.2, -0.15) is 0 Å². The number of nitrogens with two attached hydrogens (primary N) is 1. The van der Waals surface area contributed by atoms with Crippen LogP contribution in [-0.4, -0.2) is 22.8 Å². The van der Waals surface area contributed by atoms with Crippen molar-refractivity contribution in [3.63, 3.8) is 0 Å². The number of nitrogens with zero attached hydrogens (tertiary/aromatic N) is 1. The van der Waals surface area contributed by atoms with Crippen molar-refractivity contribution in [2.75, 3.05) is 12.8 Å². The van der Waals surface area contributed by atoms with E-state index >= 15 is 0 Å². The Morgan fingerprint density at radius 3 is 2.53 bits per heavy atom. The highest BCUT2D eigenvalue weighted by Gasteiger charge is 2.36. The van der Waals surface area contributed by atoms with Crippen LogP contribution in [0.5, 0.6) is 0 Å². The molecule has 0 bridgehead atoms. The summed E-state index contributed by atoms with van der Waals surface area (Å²) in [5, 5.41) is 10.5. The van der Waals surface area contributed by atoms with E-state index in [9.17, 15) is 5.11 Å². The maximum absolute atomic E-state index is 10.5. The number of nitrogen functional groups attached to an aromatic ring is 1. The van der Waals surface area contributed by atoms with Crippen LogP contribution in [-0.2, 0) is 4.74 Å². The van der Waals surface area contributed by atoms with Gasteiger partial charge < -0.3 is 15.6 Å². The van der Waals surface area contributed by atoms with Crippen molar-refractivity contribution in [3.8, 4) is 0 Å². The van der Waals surface area contributed by atoms with E-state index in [0.29, 0.717) is 24.2 Å². The van der Waals surface area contributed by atoms with Gasteiger partial charge in [-0.15, -0.1) is 0 Å². The molecule has 1 aromatic heterocycles. The molecule has 0 aliphatic carbocycles. The van der Waals surface area contributed by atoms with Gasteiger partial charge in [-0.25, -0.2) is 4.98 Å². The molecule has 0 spiro atoms. The number of rotatable bonds is 5. The summed E-state index contributed by atoms with van der Waals surface area (Å²) in [6.45, 7) is 5.92. The van der Waals surface area contributed by atoms with Gasteiger partial charge in [-0.3, -0.25) is 0 Å². The Balaban J connectivity index is 3.17. The molecular weight excluding hydrogens is 216 g/mol. The number of aryl methyl sites for hydroxylation is 1. The quantitative estimate of drug-likeness (QED) is 0.825. The van der Waals surface area contributed by atoms with Crippen molar-refractivity contribution >= 4 is 5.82 Å². The van der Waals surface area contributed by atoms with Crippen molar-refractivity contribution in [2.24, 2.45) is 0 Å². The molecule has 0 saturated heterocycles. The fourth-order valence-electron chi connectivity index (χ4n) is 2.14. The van der Waals surface area contributed by atoms with Crippen LogP contribution in [0.4, 0.5) is 5.82 Å². The van der Waals surface area contributed by atoms with E-state index in [1.807, 2.05) is 26.8 Å². The Morgan fingerprint density at radius 2 is 2.06 bits per heavy atom. The van der Waals surface area contributed by atoms with Gasteiger partial charge in [0.15, 0.2) is 0 Å². The van der Waals surface area contributed by atoms with E-state index in [2.05, 4.69) is 4.98 Å². The zero-order chi connectivity index (χ0) is 13.1. The number of aromatic nitrogens is 1. The standard InChI is InChI=1S/C13H22N2O2/c1-5-13(6-2,17-4)11(16)10-7-9(3)8-15-12(10)14/h7-8,11,16H,5-6H2,1-4H3,(H2,14,15). The van der Waals surface area contributed by atoms with Crippen molar-refractivity contribution in [3.05, 3.63) is 23.4 Å². The Bertz CT molecular complexity index is 367.